The van der Waals surface area contributed by atoms with Crippen molar-refractivity contribution in [1.82, 2.24) is 10.2 Å². The van der Waals surface area contributed by atoms with Crippen LogP contribution in [-0.4, -0.2) is 41.9 Å². The highest BCUT2D eigenvalue weighted by Crippen LogP contribution is 2.26. The Balaban J connectivity index is 0.00000220. The summed E-state index contributed by atoms with van der Waals surface area (Å²) in [6, 6.07) is -0.00910. The molecule has 5 nitrogen and oxygen atoms in total. The molecular formula is C15H28ClN3O2. The van der Waals surface area contributed by atoms with Crippen molar-refractivity contribution in [3.63, 3.8) is 0 Å². The second-order valence-corrected chi connectivity index (χ2v) is 6.35. The quantitative estimate of drug-likeness (QED) is 0.824. The van der Waals surface area contributed by atoms with Crippen LogP contribution in [0.5, 0.6) is 0 Å². The third-order valence-corrected chi connectivity index (χ3v) is 4.33. The number of halogens is 1. The first-order valence-corrected chi connectivity index (χ1v) is 7.90. The van der Waals surface area contributed by atoms with Crippen LogP contribution >= 0.6 is 12.4 Å². The minimum atomic E-state index is -0.114. The number of likely N-dealkylation sites (tertiary alicyclic amines) is 1. The lowest BCUT2D eigenvalue weighted by atomic mass is 9.88. The summed E-state index contributed by atoms with van der Waals surface area (Å²) in [5, 5.41) is 2.99. The lowest BCUT2D eigenvalue weighted by Gasteiger charge is -2.26. The van der Waals surface area contributed by atoms with Gasteiger partial charge in [-0.2, -0.15) is 0 Å². The fourth-order valence-electron chi connectivity index (χ4n) is 3.27. The van der Waals surface area contributed by atoms with Crippen molar-refractivity contribution in [3.05, 3.63) is 0 Å². The molecule has 6 heteroatoms. The summed E-state index contributed by atoms with van der Waals surface area (Å²) in [6.07, 6.45) is 6.92. The molecule has 1 heterocycles. The van der Waals surface area contributed by atoms with E-state index in [4.69, 9.17) is 5.73 Å². The van der Waals surface area contributed by atoms with Crippen molar-refractivity contribution in [3.8, 4) is 0 Å². The van der Waals surface area contributed by atoms with E-state index in [2.05, 4.69) is 5.32 Å². The lowest BCUT2D eigenvalue weighted by molar-refractivity contribution is -0.135. The second kappa shape index (κ2) is 8.59. The molecular weight excluding hydrogens is 290 g/mol. The van der Waals surface area contributed by atoms with E-state index in [-0.39, 0.29) is 36.3 Å². The number of hydrogen-bond donors (Lipinski definition) is 2. The maximum absolute atomic E-state index is 12.4. The molecule has 0 bridgehead atoms. The van der Waals surface area contributed by atoms with E-state index in [1.807, 2.05) is 11.8 Å². The molecule has 0 aromatic rings. The number of carbonyl (C=O) groups excluding carboxylic acids is 2. The van der Waals surface area contributed by atoms with E-state index in [0.717, 1.165) is 25.8 Å². The fourth-order valence-corrected chi connectivity index (χ4v) is 3.27. The maximum atomic E-state index is 12.4. The van der Waals surface area contributed by atoms with E-state index in [0.29, 0.717) is 18.9 Å². The van der Waals surface area contributed by atoms with Gasteiger partial charge in [0.05, 0.1) is 0 Å². The molecule has 122 valence electrons. The first-order chi connectivity index (χ1) is 9.56. The summed E-state index contributed by atoms with van der Waals surface area (Å²) in [6.45, 7) is 3.27. The third kappa shape index (κ3) is 5.47. The Hall–Kier alpha value is -0.810. The van der Waals surface area contributed by atoms with Crippen molar-refractivity contribution in [1.29, 1.82) is 0 Å². The molecule has 1 aliphatic carbocycles. The van der Waals surface area contributed by atoms with Gasteiger partial charge in [0, 0.05) is 37.5 Å². The van der Waals surface area contributed by atoms with Crippen molar-refractivity contribution in [2.24, 2.45) is 11.7 Å². The Morgan fingerprint density at radius 1 is 1.24 bits per heavy atom. The van der Waals surface area contributed by atoms with E-state index >= 15 is 0 Å². The van der Waals surface area contributed by atoms with Gasteiger partial charge < -0.3 is 16.0 Å². The Morgan fingerprint density at radius 2 is 1.90 bits per heavy atom. The zero-order chi connectivity index (χ0) is 14.5. The molecule has 3 N–H and O–H groups in total. The monoisotopic (exact) mass is 317 g/mol. The van der Waals surface area contributed by atoms with Crippen molar-refractivity contribution >= 4 is 24.2 Å². The number of rotatable bonds is 4. The molecule has 2 rings (SSSR count). The average molecular weight is 318 g/mol. The maximum Gasteiger partial charge on any atom is 0.225 e. The molecule has 1 aliphatic heterocycles. The Labute approximate surface area is 133 Å². The van der Waals surface area contributed by atoms with Crippen LogP contribution < -0.4 is 11.1 Å². The molecule has 2 atom stereocenters. The summed E-state index contributed by atoms with van der Waals surface area (Å²) >= 11 is 0. The molecule has 2 amide bonds. The van der Waals surface area contributed by atoms with E-state index in [1.165, 1.54) is 19.3 Å². The van der Waals surface area contributed by atoms with Gasteiger partial charge in [-0.05, 0) is 26.2 Å². The highest BCUT2D eigenvalue weighted by atomic mass is 35.5. The predicted molar refractivity (Wildman–Crippen MR) is 85.2 cm³/mol. The van der Waals surface area contributed by atoms with Gasteiger partial charge in [-0.25, -0.2) is 0 Å². The largest absolute Gasteiger partial charge is 0.351 e. The molecule has 0 aromatic heterocycles. The van der Waals surface area contributed by atoms with Gasteiger partial charge in [-0.15, -0.1) is 12.4 Å². The molecule has 0 aromatic carbocycles. The van der Waals surface area contributed by atoms with E-state index in [9.17, 15) is 9.59 Å². The minimum Gasteiger partial charge on any atom is -0.351 e. The van der Waals surface area contributed by atoms with Crippen LogP contribution in [0, 0.1) is 5.92 Å². The summed E-state index contributed by atoms with van der Waals surface area (Å²) in [5.74, 6) is 0.521. The van der Waals surface area contributed by atoms with Gasteiger partial charge in [0.25, 0.3) is 0 Å². The third-order valence-electron chi connectivity index (χ3n) is 4.33. The van der Waals surface area contributed by atoms with Gasteiger partial charge in [-0.1, -0.05) is 19.3 Å². The first-order valence-electron chi connectivity index (χ1n) is 7.90. The molecule has 2 aliphatic rings. The van der Waals surface area contributed by atoms with Crippen LogP contribution in [0.25, 0.3) is 0 Å². The highest BCUT2D eigenvalue weighted by Gasteiger charge is 2.31. The van der Waals surface area contributed by atoms with Gasteiger partial charge in [0.2, 0.25) is 11.8 Å². The van der Waals surface area contributed by atoms with Crippen LogP contribution in [-0.2, 0) is 9.59 Å². The molecule has 0 spiro atoms. The SMILES string of the molecule is CC(N)CC(=O)NC1CCN(C(=O)C2CCCCC2)C1.Cl. The Kier molecular flexibility index (Phi) is 7.46. The van der Waals surface area contributed by atoms with Crippen LogP contribution in [0.15, 0.2) is 0 Å². The number of hydrogen-bond acceptors (Lipinski definition) is 3. The number of amides is 2. The van der Waals surface area contributed by atoms with Gasteiger partial charge in [0.15, 0.2) is 0 Å². The second-order valence-electron chi connectivity index (χ2n) is 6.35. The minimum absolute atomic E-state index is 0. The van der Waals surface area contributed by atoms with E-state index < -0.39 is 0 Å². The zero-order valence-corrected chi connectivity index (χ0v) is 13.7. The standard InChI is InChI=1S/C15H27N3O2.ClH/c1-11(16)9-14(19)17-13-7-8-18(10-13)15(20)12-5-3-2-4-6-12;/h11-13H,2-10,16H2,1H3,(H,17,19);1H. The van der Waals surface area contributed by atoms with Crippen LogP contribution in [0.2, 0.25) is 0 Å². The van der Waals surface area contributed by atoms with Gasteiger partial charge in [0.1, 0.15) is 0 Å². The lowest BCUT2D eigenvalue weighted by Crippen LogP contribution is -2.41. The van der Waals surface area contributed by atoms with Crippen LogP contribution in [0.1, 0.15) is 51.9 Å². The van der Waals surface area contributed by atoms with Crippen LogP contribution in [0.4, 0.5) is 0 Å². The first kappa shape index (κ1) is 18.2. The van der Waals surface area contributed by atoms with Crippen LogP contribution in [0.3, 0.4) is 0 Å². The van der Waals surface area contributed by atoms with Crippen molar-refractivity contribution < 1.29 is 9.59 Å². The molecule has 2 unspecified atom stereocenters. The van der Waals surface area contributed by atoms with Crippen molar-refractivity contribution in [2.75, 3.05) is 13.1 Å². The number of carbonyl (C=O) groups is 2. The van der Waals surface area contributed by atoms with Crippen molar-refractivity contribution in [2.45, 2.75) is 64.0 Å². The Morgan fingerprint density at radius 3 is 2.52 bits per heavy atom. The smallest absolute Gasteiger partial charge is 0.225 e. The fraction of sp³-hybridized carbons (Fsp3) is 0.867. The molecule has 2 fully saturated rings. The van der Waals surface area contributed by atoms with Gasteiger partial charge >= 0.3 is 0 Å². The normalized spacial score (nSPS) is 24.3. The summed E-state index contributed by atoms with van der Waals surface area (Å²) in [5.41, 5.74) is 5.62. The van der Waals surface area contributed by atoms with E-state index in [1.54, 1.807) is 0 Å². The Bertz CT molecular complexity index is 357. The summed E-state index contributed by atoms with van der Waals surface area (Å²) in [4.78, 5) is 26.0. The predicted octanol–water partition coefficient (Wildman–Crippen LogP) is 1.44. The zero-order valence-electron chi connectivity index (χ0n) is 12.8. The number of nitrogens with one attached hydrogen (secondary N) is 1. The number of nitrogens with two attached hydrogens (primary N) is 1. The molecule has 21 heavy (non-hydrogen) atoms. The topological polar surface area (TPSA) is 75.4 Å². The van der Waals surface area contributed by atoms with Gasteiger partial charge in [-0.3, -0.25) is 9.59 Å². The molecule has 1 saturated carbocycles. The molecule has 1 saturated heterocycles. The molecule has 0 radical (unpaired) electrons. The summed E-state index contributed by atoms with van der Waals surface area (Å²) < 4.78 is 0. The number of nitrogens with zero attached hydrogens (tertiary/aromatic N) is 1. The highest BCUT2D eigenvalue weighted by molar-refractivity contribution is 5.85. The average Bonchev–Trinajstić information content (AvgIpc) is 2.86. The summed E-state index contributed by atoms with van der Waals surface area (Å²) in [7, 11) is 0.